The van der Waals surface area contributed by atoms with E-state index in [1.807, 2.05) is 42.1 Å². The Bertz CT molecular complexity index is 1610. The Labute approximate surface area is 257 Å². The van der Waals surface area contributed by atoms with Crippen LogP contribution in [0.1, 0.15) is 28.4 Å². The molecule has 2 heterocycles. The van der Waals surface area contributed by atoms with Crippen molar-refractivity contribution < 1.29 is 18.9 Å². The minimum Gasteiger partial charge on any atom is -0.374 e. The fourth-order valence-electron chi connectivity index (χ4n) is 6.29. The molecule has 0 spiro atoms. The van der Waals surface area contributed by atoms with Crippen molar-refractivity contribution in [2.75, 3.05) is 12.4 Å². The first-order valence-electron chi connectivity index (χ1n) is 15.1. The van der Waals surface area contributed by atoms with Gasteiger partial charge < -0.3 is 18.9 Å². The molecule has 7 rings (SSSR count). The van der Waals surface area contributed by atoms with Crippen LogP contribution in [0.2, 0.25) is 0 Å². The number of hydrogen-bond donors (Lipinski definition) is 0. The van der Waals surface area contributed by atoms with Crippen molar-refractivity contribution in [1.29, 1.82) is 0 Å². The van der Waals surface area contributed by atoms with Gasteiger partial charge in [-0.3, -0.25) is 0 Å². The second-order valence-electron chi connectivity index (χ2n) is 11.3. The van der Waals surface area contributed by atoms with Crippen LogP contribution in [0.15, 0.2) is 132 Å². The number of ether oxygens (including phenoxy) is 4. The predicted molar refractivity (Wildman–Crippen MR) is 172 cm³/mol. The average molecular weight is 589 g/mol. The van der Waals surface area contributed by atoms with Gasteiger partial charge in [0.05, 0.1) is 38.6 Å². The van der Waals surface area contributed by atoms with Gasteiger partial charge in [0, 0.05) is 22.1 Å². The van der Waals surface area contributed by atoms with Crippen LogP contribution in [-0.2, 0) is 38.8 Å². The summed E-state index contributed by atoms with van der Waals surface area (Å²) >= 11 is 1.90. The van der Waals surface area contributed by atoms with E-state index in [1.165, 1.54) is 21.2 Å². The van der Waals surface area contributed by atoms with Crippen molar-refractivity contribution in [3.63, 3.8) is 0 Å². The maximum atomic E-state index is 7.10. The van der Waals surface area contributed by atoms with Gasteiger partial charge in [0.2, 0.25) is 0 Å². The molecule has 1 fully saturated rings. The molecule has 43 heavy (non-hydrogen) atoms. The third kappa shape index (κ3) is 6.42. The molecule has 218 valence electrons. The zero-order valence-electron chi connectivity index (χ0n) is 24.1. The topological polar surface area (TPSA) is 36.9 Å². The average Bonchev–Trinajstić information content (AvgIpc) is 3.07. The van der Waals surface area contributed by atoms with Gasteiger partial charge in [0.15, 0.2) is 0 Å². The van der Waals surface area contributed by atoms with Gasteiger partial charge in [0.1, 0.15) is 12.2 Å². The minimum absolute atomic E-state index is 0.120. The van der Waals surface area contributed by atoms with Crippen LogP contribution < -0.4 is 0 Å². The van der Waals surface area contributed by atoms with E-state index in [1.54, 1.807) is 0 Å². The first-order chi connectivity index (χ1) is 21.3. The maximum Gasteiger partial charge on any atom is 0.113 e. The van der Waals surface area contributed by atoms with Crippen LogP contribution in [0.4, 0.5) is 0 Å². The van der Waals surface area contributed by atoms with Crippen molar-refractivity contribution >= 4 is 22.5 Å². The molecule has 0 radical (unpaired) electrons. The standard InChI is InChI=1S/C38H36O4S/c1-4-12-27(13-5-1)22-39-25-33-38(41-24-29-16-8-3-9-17-29)37(40-23-28-14-6-2-7-15-28)32-26-43-34-21-20-30-18-10-11-19-31(30)35(34)36(32)42-33/h1-21,32-33,36-38H,22-26H2/t32-,33+,36-,37+,38+/m0/s1. The lowest BCUT2D eigenvalue weighted by Crippen LogP contribution is -2.56. The highest BCUT2D eigenvalue weighted by atomic mass is 32.2. The van der Waals surface area contributed by atoms with E-state index in [9.17, 15) is 0 Å². The summed E-state index contributed by atoms with van der Waals surface area (Å²) in [6, 6.07) is 44.1. The second-order valence-corrected chi connectivity index (χ2v) is 12.4. The highest BCUT2D eigenvalue weighted by molar-refractivity contribution is 7.99. The quantitative estimate of drug-likeness (QED) is 0.164. The Balaban J connectivity index is 1.23. The number of benzene rings is 5. The molecule has 1 saturated heterocycles. The summed E-state index contributed by atoms with van der Waals surface area (Å²) in [4.78, 5) is 1.29. The molecule has 0 aromatic heterocycles. The Morgan fingerprint density at radius 1 is 0.605 bits per heavy atom. The molecule has 0 unspecified atom stereocenters. The van der Waals surface area contributed by atoms with Gasteiger partial charge in [-0.2, -0.15) is 0 Å². The third-order valence-electron chi connectivity index (χ3n) is 8.43. The lowest BCUT2D eigenvalue weighted by atomic mass is 9.82. The molecular formula is C38H36O4S. The Morgan fingerprint density at radius 2 is 1.19 bits per heavy atom. The maximum absolute atomic E-state index is 7.10. The first kappa shape index (κ1) is 28.3. The smallest absolute Gasteiger partial charge is 0.113 e. The van der Waals surface area contributed by atoms with E-state index >= 15 is 0 Å². The van der Waals surface area contributed by atoms with Gasteiger partial charge >= 0.3 is 0 Å². The fraction of sp³-hybridized carbons (Fsp3) is 0.263. The van der Waals surface area contributed by atoms with Gasteiger partial charge in [-0.25, -0.2) is 0 Å². The number of fused-ring (bicyclic) bond motifs is 5. The number of thioether (sulfide) groups is 1. The molecule has 0 aliphatic carbocycles. The molecular weight excluding hydrogens is 552 g/mol. The molecule has 2 aliphatic rings. The summed E-state index contributed by atoms with van der Waals surface area (Å²) in [5.41, 5.74) is 4.69. The summed E-state index contributed by atoms with van der Waals surface area (Å²) in [7, 11) is 0. The lowest BCUT2D eigenvalue weighted by Gasteiger charge is -2.49. The molecule has 5 heteroatoms. The molecule has 5 aromatic rings. The SMILES string of the molecule is c1ccc(COC[C@H]2O[C@@H]3c4c(ccc5ccccc45)SC[C@@H]3[C@@H](OCc3ccccc3)[C@@H]2OCc2ccccc2)cc1. The fourth-order valence-corrected chi connectivity index (χ4v) is 7.58. The van der Waals surface area contributed by atoms with Crippen molar-refractivity contribution in [2.24, 2.45) is 5.92 Å². The third-order valence-corrected chi connectivity index (χ3v) is 9.65. The molecule has 0 saturated carbocycles. The van der Waals surface area contributed by atoms with Crippen molar-refractivity contribution in [3.05, 3.63) is 150 Å². The highest BCUT2D eigenvalue weighted by Crippen LogP contribution is 2.51. The molecule has 4 nitrogen and oxygen atoms in total. The zero-order valence-corrected chi connectivity index (χ0v) is 24.9. The Hall–Kier alpha value is -3.45. The van der Waals surface area contributed by atoms with E-state index in [-0.39, 0.29) is 30.3 Å². The van der Waals surface area contributed by atoms with E-state index in [4.69, 9.17) is 18.9 Å². The Morgan fingerprint density at radius 3 is 1.86 bits per heavy atom. The summed E-state index contributed by atoms with van der Waals surface area (Å²) < 4.78 is 27.1. The monoisotopic (exact) mass is 588 g/mol. The van der Waals surface area contributed by atoms with Crippen molar-refractivity contribution in [2.45, 2.75) is 49.1 Å². The van der Waals surface area contributed by atoms with E-state index in [2.05, 4.69) is 97.1 Å². The summed E-state index contributed by atoms with van der Waals surface area (Å²) in [5, 5.41) is 2.48. The largest absolute Gasteiger partial charge is 0.374 e. The van der Waals surface area contributed by atoms with Crippen molar-refractivity contribution in [3.8, 4) is 0 Å². The Kier molecular flexibility index (Phi) is 8.87. The van der Waals surface area contributed by atoms with E-state index < -0.39 is 0 Å². The lowest BCUT2D eigenvalue weighted by molar-refractivity contribution is -0.244. The second kappa shape index (κ2) is 13.5. The summed E-state index contributed by atoms with van der Waals surface area (Å²) in [5.74, 6) is 1.02. The van der Waals surface area contributed by atoms with Gasteiger partial charge in [-0.1, -0.05) is 121 Å². The number of hydrogen-bond acceptors (Lipinski definition) is 5. The summed E-state index contributed by atoms with van der Waals surface area (Å²) in [6.45, 7) is 1.94. The van der Waals surface area contributed by atoms with Gasteiger partial charge in [-0.15, -0.1) is 11.8 Å². The molecule has 5 atom stereocenters. The highest BCUT2D eigenvalue weighted by Gasteiger charge is 2.50. The van der Waals surface area contributed by atoms with Gasteiger partial charge in [-0.05, 0) is 33.5 Å². The molecule has 5 aromatic carbocycles. The van der Waals surface area contributed by atoms with Crippen LogP contribution in [0.5, 0.6) is 0 Å². The number of rotatable bonds is 10. The normalized spacial score (nSPS) is 23.0. The van der Waals surface area contributed by atoms with Crippen LogP contribution in [0.25, 0.3) is 10.8 Å². The molecule has 0 N–H and O–H groups in total. The van der Waals surface area contributed by atoms with Crippen LogP contribution in [-0.4, -0.2) is 30.7 Å². The minimum atomic E-state index is -0.302. The molecule has 0 bridgehead atoms. The van der Waals surface area contributed by atoms with Crippen LogP contribution in [0.3, 0.4) is 0 Å². The molecule has 0 amide bonds. The van der Waals surface area contributed by atoms with Crippen LogP contribution >= 0.6 is 11.8 Å². The van der Waals surface area contributed by atoms with Gasteiger partial charge in [0.25, 0.3) is 0 Å². The van der Waals surface area contributed by atoms with Crippen LogP contribution in [0, 0.1) is 5.92 Å². The van der Waals surface area contributed by atoms with E-state index in [0.29, 0.717) is 26.4 Å². The first-order valence-corrected chi connectivity index (χ1v) is 16.0. The zero-order chi connectivity index (χ0) is 28.8. The summed E-state index contributed by atoms with van der Waals surface area (Å²) in [6.07, 6.45) is -0.889. The molecule has 2 aliphatic heterocycles. The predicted octanol–water partition coefficient (Wildman–Crippen LogP) is 8.39. The van der Waals surface area contributed by atoms with Crippen molar-refractivity contribution in [1.82, 2.24) is 0 Å². The van der Waals surface area contributed by atoms with E-state index in [0.717, 1.165) is 22.4 Å².